The Bertz CT molecular complexity index is 209. The third-order valence-corrected chi connectivity index (χ3v) is 2.16. The third-order valence-electron chi connectivity index (χ3n) is 2.16. The molecular formula is C10H21N3O3. The minimum absolute atomic E-state index is 0.00943. The summed E-state index contributed by atoms with van der Waals surface area (Å²) < 4.78 is 0. The fourth-order valence-electron chi connectivity index (χ4n) is 1.22. The number of carbonyl (C=O) groups excluding carboxylic acids is 2. The number of carbonyl (C=O) groups is 2. The molecule has 0 unspecified atom stereocenters. The summed E-state index contributed by atoms with van der Waals surface area (Å²) in [6, 6.07) is 0. The first kappa shape index (κ1) is 14.9. The van der Waals surface area contributed by atoms with Gasteiger partial charge in [0.05, 0.1) is 0 Å². The minimum atomic E-state index is -0.543. The molecule has 6 nitrogen and oxygen atoms in total. The zero-order valence-corrected chi connectivity index (χ0v) is 9.50. The van der Waals surface area contributed by atoms with Gasteiger partial charge in [0, 0.05) is 19.4 Å². The monoisotopic (exact) mass is 231 g/mol. The number of hydroxylamine groups is 1. The zero-order valence-electron chi connectivity index (χ0n) is 9.50. The molecule has 0 aromatic rings. The summed E-state index contributed by atoms with van der Waals surface area (Å²) in [4.78, 5) is 21.8. The molecule has 0 bridgehead atoms. The van der Waals surface area contributed by atoms with Crippen LogP contribution >= 0.6 is 0 Å². The molecule has 6 heteroatoms. The molecule has 94 valence electrons. The van der Waals surface area contributed by atoms with Gasteiger partial charge in [0.15, 0.2) is 0 Å². The highest BCUT2D eigenvalue weighted by atomic mass is 16.5. The van der Waals surface area contributed by atoms with E-state index in [4.69, 9.17) is 10.9 Å². The van der Waals surface area contributed by atoms with Gasteiger partial charge >= 0.3 is 0 Å². The Labute approximate surface area is 95.5 Å². The highest BCUT2D eigenvalue weighted by Crippen LogP contribution is 1.97. The van der Waals surface area contributed by atoms with Gasteiger partial charge in [-0.15, -0.1) is 0 Å². The number of hydrogen-bond acceptors (Lipinski definition) is 4. The van der Waals surface area contributed by atoms with E-state index in [-0.39, 0.29) is 18.7 Å². The largest absolute Gasteiger partial charge is 0.356 e. The quantitative estimate of drug-likeness (QED) is 0.253. The second-order valence-corrected chi connectivity index (χ2v) is 3.59. The summed E-state index contributed by atoms with van der Waals surface area (Å²) in [5, 5.41) is 10.9. The van der Waals surface area contributed by atoms with Crippen LogP contribution in [0.2, 0.25) is 0 Å². The van der Waals surface area contributed by atoms with E-state index in [1.54, 1.807) is 0 Å². The Hall–Kier alpha value is -1.14. The van der Waals surface area contributed by atoms with E-state index in [0.29, 0.717) is 13.1 Å². The second-order valence-electron chi connectivity index (χ2n) is 3.59. The summed E-state index contributed by atoms with van der Waals surface area (Å²) in [5.41, 5.74) is 6.82. The average Bonchev–Trinajstić information content (AvgIpc) is 2.30. The summed E-state index contributed by atoms with van der Waals surface area (Å²) in [5.74, 6) is -0.708. The molecule has 0 fully saturated rings. The number of nitrogens with one attached hydrogen (secondary N) is 2. The van der Waals surface area contributed by atoms with Gasteiger partial charge in [0.2, 0.25) is 11.8 Å². The number of nitrogens with two attached hydrogens (primary N) is 1. The average molecular weight is 231 g/mol. The van der Waals surface area contributed by atoms with E-state index in [0.717, 1.165) is 25.7 Å². The first-order chi connectivity index (χ1) is 7.70. The molecule has 0 aliphatic carbocycles. The van der Waals surface area contributed by atoms with Crippen LogP contribution in [0, 0.1) is 0 Å². The van der Waals surface area contributed by atoms with Crippen molar-refractivity contribution in [1.82, 2.24) is 10.8 Å². The van der Waals surface area contributed by atoms with E-state index in [1.165, 1.54) is 5.48 Å². The van der Waals surface area contributed by atoms with Crippen molar-refractivity contribution in [2.24, 2.45) is 5.73 Å². The maximum atomic E-state index is 11.2. The highest BCUT2D eigenvalue weighted by molar-refractivity contribution is 5.83. The van der Waals surface area contributed by atoms with Crippen LogP contribution < -0.4 is 16.5 Å². The summed E-state index contributed by atoms with van der Waals surface area (Å²) in [7, 11) is 0. The van der Waals surface area contributed by atoms with Crippen molar-refractivity contribution in [3.05, 3.63) is 0 Å². The van der Waals surface area contributed by atoms with Gasteiger partial charge in [-0.1, -0.05) is 12.8 Å². The van der Waals surface area contributed by atoms with E-state index in [1.807, 2.05) is 0 Å². The molecule has 0 aliphatic heterocycles. The lowest BCUT2D eigenvalue weighted by Crippen LogP contribution is -2.27. The Morgan fingerprint density at radius 2 is 1.62 bits per heavy atom. The van der Waals surface area contributed by atoms with Crippen LogP contribution in [0.4, 0.5) is 0 Å². The molecule has 0 radical (unpaired) electrons. The molecule has 5 N–H and O–H groups in total. The highest BCUT2D eigenvalue weighted by Gasteiger charge is 2.04. The van der Waals surface area contributed by atoms with Crippen molar-refractivity contribution in [2.45, 2.75) is 38.5 Å². The second kappa shape index (κ2) is 10.4. The molecule has 0 rings (SSSR count). The van der Waals surface area contributed by atoms with Crippen LogP contribution in [-0.4, -0.2) is 30.1 Å². The van der Waals surface area contributed by atoms with Crippen molar-refractivity contribution >= 4 is 11.8 Å². The summed E-state index contributed by atoms with van der Waals surface area (Å²) in [6.07, 6.45) is 4.20. The predicted molar refractivity (Wildman–Crippen MR) is 59.7 cm³/mol. The Kier molecular flexibility index (Phi) is 9.64. The first-order valence-corrected chi connectivity index (χ1v) is 5.60. The van der Waals surface area contributed by atoms with Crippen LogP contribution in [0.1, 0.15) is 38.5 Å². The minimum Gasteiger partial charge on any atom is -0.356 e. The Morgan fingerprint density at radius 3 is 2.25 bits per heavy atom. The smallest absolute Gasteiger partial charge is 0.243 e. The number of rotatable bonds is 9. The molecular weight excluding hydrogens is 210 g/mol. The molecule has 0 spiro atoms. The molecule has 0 saturated carbocycles. The van der Waals surface area contributed by atoms with Crippen molar-refractivity contribution in [2.75, 3.05) is 13.1 Å². The molecule has 0 aromatic carbocycles. The Morgan fingerprint density at radius 1 is 1.00 bits per heavy atom. The van der Waals surface area contributed by atoms with Gasteiger partial charge in [-0.25, -0.2) is 5.48 Å². The van der Waals surface area contributed by atoms with Gasteiger partial charge in [0.25, 0.3) is 0 Å². The van der Waals surface area contributed by atoms with E-state index in [2.05, 4.69) is 5.32 Å². The van der Waals surface area contributed by atoms with Crippen LogP contribution in [-0.2, 0) is 9.59 Å². The zero-order chi connectivity index (χ0) is 12.2. The molecule has 0 aliphatic rings. The fourth-order valence-corrected chi connectivity index (χ4v) is 1.22. The SMILES string of the molecule is NCCCCCCNC(=O)CCC(=O)NO. The van der Waals surface area contributed by atoms with Gasteiger partial charge in [-0.05, 0) is 19.4 Å². The maximum absolute atomic E-state index is 11.2. The topological polar surface area (TPSA) is 104 Å². The summed E-state index contributed by atoms with van der Waals surface area (Å²) in [6.45, 7) is 1.34. The van der Waals surface area contributed by atoms with E-state index in [9.17, 15) is 9.59 Å². The van der Waals surface area contributed by atoms with E-state index < -0.39 is 5.91 Å². The van der Waals surface area contributed by atoms with Crippen LogP contribution in [0.5, 0.6) is 0 Å². The van der Waals surface area contributed by atoms with Crippen LogP contribution in [0.25, 0.3) is 0 Å². The first-order valence-electron chi connectivity index (χ1n) is 5.60. The van der Waals surface area contributed by atoms with Crippen LogP contribution in [0.15, 0.2) is 0 Å². The van der Waals surface area contributed by atoms with Gasteiger partial charge in [-0.2, -0.15) is 0 Å². The summed E-state index contributed by atoms with van der Waals surface area (Å²) >= 11 is 0. The molecule has 0 aromatic heterocycles. The lowest BCUT2D eigenvalue weighted by molar-refractivity contribution is -0.131. The van der Waals surface area contributed by atoms with Gasteiger partial charge < -0.3 is 11.1 Å². The molecule has 2 amide bonds. The van der Waals surface area contributed by atoms with Crippen molar-refractivity contribution in [1.29, 1.82) is 0 Å². The molecule has 0 atom stereocenters. The number of unbranched alkanes of at least 4 members (excludes halogenated alkanes) is 3. The molecule has 0 heterocycles. The van der Waals surface area contributed by atoms with Crippen molar-refractivity contribution in [3.63, 3.8) is 0 Å². The number of hydrogen-bond donors (Lipinski definition) is 4. The van der Waals surface area contributed by atoms with E-state index >= 15 is 0 Å². The van der Waals surface area contributed by atoms with Crippen molar-refractivity contribution in [3.8, 4) is 0 Å². The lowest BCUT2D eigenvalue weighted by Gasteiger charge is -2.04. The van der Waals surface area contributed by atoms with Gasteiger partial charge in [-0.3, -0.25) is 14.8 Å². The maximum Gasteiger partial charge on any atom is 0.243 e. The third kappa shape index (κ3) is 9.42. The fraction of sp³-hybridized carbons (Fsp3) is 0.800. The molecule has 0 saturated heterocycles. The standard InChI is InChI=1S/C10H21N3O3/c11-7-3-1-2-4-8-12-9(14)5-6-10(15)13-16/h16H,1-8,11H2,(H,12,14)(H,13,15). The predicted octanol–water partition coefficient (Wildman–Crippen LogP) is -0.0927. The Balaban J connectivity index is 3.27. The van der Waals surface area contributed by atoms with Crippen LogP contribution in [0.3, 0.4) is 0 Å². The van der Waals surface area contributed by atoms with Crippen molar-refractivity contribution < 1.29 is 14.8 Å². The number of amides is 2. The molecule has 16 heavy (non-hydrogen) atoms. The lowest BCUT2D eigenvalue weighted by atomic mass is 10.2. The normalized spacial score (nSPS) is 9.88. The van der Waals surface area contributed by atoms with Gasteiger partial charge in [0.1, 0.15) is 0 Å².